The molecule has 0 aliphatic rings. The van der Waals surface area contributed by atoms with E-state index in [4.69, 9.17) is 14.2 Å². The Morgan fingerprint density at radius 2 is 1.69 bits per heavy atom. The van der Waals surface area contributed by atoms with Crippen LogP contribution in [0.3, 0.4) is 0 Å². The number of para-hydroxylation sites is 2. The summed E-state index contributed by atoms with van der Waals surface area (Å²) in [6.45, 7) is 7.29. The zero-order valence-electron chi connectivity index (χ0n) is 17.8. The number of rotatable bonds is 9. The summed E-state index contributed by atoms with van der Waals surface area (Å²) in [5, 5.41) is 6.60. The summed E-state index contributed by atoms with van der Waals surface area (Å²) in [5.74, 6) is 3.03. The van der Waals surface area contributed by atoms with E-state index in [1.807, 2.05) is 63.2 Å². The first-order valence-electron chi connectivity index (χ1n) is 9.51. The minimum Gasteiger partial charge on any atom is -0.493 e. The van der Waals surface area contributed by atoms with Crippen LogP contribution in [-0.4, -0.2) is 38.9 Å². The van der Waals surface area contributed by atoms with E-state index in [1.54, 1.807) is 14.2 Å². The second-order valence-electron chi connectivity index (χ2n) is 6.70. The topological polar surface area (TPSA) is 64.1 Å². The zero-order chi connectivity index (χ0) is 20.4. The highest BCUT2D eigenvalue weighted by atomic mass is 127. The Balaban J connectivity index is 0.00000420. The van der Waals surface area contributed by atoms with Gasteiger partial charge in [-0.3, -0.25) is 4.99 Å². The summed E-state index contributed by atoms with van der Waals surface area (Å²) in [5.41, 5.74) is 1.12. The lowest BCUT2D eigenvalue weighted by atomic mass is 10.2. The molecule has 0 spiro atoms. The van der Waals surface area contributed by atoms with E-state index in [0.29, 0.717) is 19.0 Å². The maximum absolute atomic E-state index is 5.96. The molecule has 29 heavy (non-hydrogen) atoms. The Morgan fingerprint density at radius 3 is 2.34 bits per heavy atom. The monoisotopic (exact) mass is 513 g/mol. The molecule has 0 fully saturated rings. The van der Waals surface area contributed by atoms with Gasteiger partial charge in [0.05, 0.1) is 19.8 Å². The Kier molecular flexibility index (Phi) is 11.3. The first kappa shape index (κ1) is 24.9. The van der Waals surface area contributed by atoms with Crippen molar-refractivity contribution in [1.82, 2.24) is 10.6 Å². The maximum atomic E-state index is 5.96. The first-order chi connectivity index (χ1) is 13.5. The zero-order valence-corrected chi connectivity index (χ0v) is 20.1. The molecule has 160 valence electrons. The molecule has 0 aliphatic carbocycles. The highest BCUT2D eigenvalue weighted by Crippen LogP contribution is 2.26. The van der Waals surface area contributed by atoms with E-state index in [1.165, 1.54) is 0 Å². The van der Waals surface area contributed by atoms with Gasteiger partial charge in [-0.15, -0.1) is 24.0 Å². The number of hydrogen-bond acceptors (Lipinski definition) is 4. The van der Waals surface area contributed by atoms with Crippen molar-refractivity contribution < 1.29 is 14.2 Å². The standard InChI is InChI=1S/C22H31N3O3.HI/c1-16(2)27-19-10-8-9-18(13-19)15-25-22(23-4)24-14-17(3)28-21-12-7-6-11-20(21)26-5;/h6-13,16-17H,14-15H2,1-5H3,(H2,23,24,25);1H. The molecule has 1 unspecified atom stereocenters. The fourth-order valence-electron chi connectivity index (χ4n) is 2.62. The first-order valence-corrected chi connectivity index (χ1v) is 9.51. The van der Waals surface area contributed by atoms with Crippen LogP contribution in [0.1, 0.15) is 26.3 Å². The summed E-state index contributed by atoms with van der Waals surface area (Å²) in [7, 11) is 3.39. The molecule has 0 saturated heterocycles. The third kappa shape index (κ3) is 8.81. The van der Waals surface area contributed by atoms with Crippen molar-refractivity contribution in [3.8, 4) is 17.2 Å². The van der Waals surface area contributed by atoms with E-state index in [9.17, 15) is 0 Å². The lowest BCUT2D eigenvalue weighted by Gasteiger charge is -2.19. The predicted octanol–water partition coefficient (Wildman–Crippen LogP) is 4.23. The third-order valence-electron chi connectivity index (χ3n) is 3.91. The number of aliphatic imine (C=N–C) groups is 1. The minimum absolute atomic E-state index is 0. The highest BCUT2D eigenvalue weighted by molar-refractivity contribution is 14.0. The van der Waals surface area contributed by atoms with Gasteiger partial charge in [-0.25, -0.2) is 0 Å². The predicted molar refractivity (Wildman–Crippen MR) is 129 cm³/mol. The van der Waals surface area contributed by atoms with Crippen LogP contribution in [-0.2, 0) is 6.54 Å². The van der Waals surface area contributed by atoms with Crippen LogP contribution in [0.4, 0.5) is 0 Å². The van der Waals surface area contributed by atoms with Gasteiger partial charge < -0.3 is 24.8 Å². The molecule has 2 N–H and O–H groups in total. The minimum atomic E-state index is -0.0578. The van der Waals surface area contributed by atoms with Gasteiger partial charge in [0.1, 0.15) is 11.9 Å². The number of ether oxygens (including phenoxy) is 3. The van der Waals surface area contributed by atoms with Crippen LogP contribution >= 0.6 is 24.0 Å². The molecular weight excluding hydrogens is 481 g/mol. The van der Waals surface area contributed by atoms with E-state index >= 15 is 0 Å². The molecule has 0 heterocycles. The van der Waals surface area contributed by atoms with E-state index in [0.717, 1.165) is 22.8 Å². The van der Waals surface area contributed by atoms with Gasteiger partial charge in [0, 0.05) is 13.6 Å². The van der Waals surface area contributed by atoms with Gasteiger partial charge in [0.25, 0.3) is 0 Å². The molecule has 2 rings (SSSR count). The SMILES string of the molecule is CN=C(NCc1cccc(OC(C)C)c1)NCC(C)Oc1ccccc1OC.I. The fourth-order valence-corrected chi connectivity index (χ4v) is 2.62. The van der Waals surface area contributed by atoms with Gasteiger partial charge in [-0.1, -0.05) is 24.3 Å². The van der Waals surface area contributed by atoms with Gasteiger partial charge in [-0.05, 0) is 50.6 Å². The van der Waals surface area contributed by atoms with E-state index in [2.05, 4.69) is 21.7 Å². The largest absolute Gasteiger partial charge is 0.493 e. The number of methoxy groups -OCH3 is 1. The van der Waals surface area contributed by atoms with Crippen LogP contribution in [0.2, 0.25) is 0 Å². The Labute approximate surface area is 191 Å². The van der Waals surface area contributed by atoms with Crippen molar-refractivity contribution in [2.75, 3.05) is 20.7 Å². The quantitative estimate of drug-likeness (QED) is 0.299. The van der Waals surface area contributed by atoms with E-state index < -0.39 is 0 Å². The molecule has 0 radical (unpaired) electrons. The molecule has 6 nitrogen and oxygen atoms in total. The van der Waals surface area contributed by atoms with Crippen LogP contribution in [0.15, 0.2) is 53.5 Å². The summed E-state index contributed by atoms with van der Waals surface area (Å²) in [6.07, 6.45) is 0.0972. The molecule has 7 heteroatoms. The van der Waals surface area contributed by atoms with E-state index in [-0.39, 0.29) is 36.2 Å². The molecule has 2 aromatic carbocycles. The second-order valence-corrected chi connectivity index (χ2v) is 6.70. The lowest BCUT2D eigenvalue weighted by molar-refractivity contribution is 0.213. The summed E-state index contributed by atoms with van der Waals surface area (Å²) >= 11 is 0. The average molecular weight is 513 g/mol. The van der Waals surface area contributed by atoms with Crippen LogP contribution in [0.25, 0.3) is 0 Å². The van der Waals surface area contributed by atoms with Crippen molar-refractivity contribution in [2.24, 2.45) is 4.99 Å². The van der Waals surface area contributed by atoms with Crippen molar-refractivity contribution in [1.29, 1.82) is 0 Å². The number of benzene rings is 2. The summed E-state index contributed by atoms with van der Waals surface area (Å²) in [6, 6.07) is 15.7. The fraction of sp³-hybridized carbons (Fsp3) is 0.409. The average Bonchev–Trinajstić information content (AvgIpc) is 2.68. The maximum Gasteiger partial charge on any atom is 0.191 e. The number of nitrogens with zero attached hydrogens (tertiary/aromatic N) is 1. The highest BCUT2D eigenvalue weighted by Gasteiger charge is 2.09. The van der Waals surface area contributed by atoms with Gasteiger partial charge >= 0.3 is 0 Å². The van der Waals surface area contributed by atoms with Crippen molar-refractivity contribution >= 4 is 29.9 Å². The molecule has 0 aromatic heterocycles. The Morgan fingerprint density at radius 1 is 0.966 bits per heavy atom. The number of halogens is 1. The molecule has 0 bridgehead atoms. The van der Waals surface area contributed by atoms with Crippen molar-refractivity contribution in [3.05, 3.63) is 54.1 Å². The number of nitrogens with one attached hydrogen (secondary N) is 2. The third-order valence-corrected chi connectivity index (χ3v) is 3.91. The molecule has 0 saturated carbocycles. The number of hydrogen-bond donors (Lipinski definition) is 2. The van der Waals surface area contributed by atoms with Crippen LogP contribution < -0.4 is 24.8 Å². The molecular formula is C22H32IN3O3. The smallest absolute Gasteiger partial charge is 0.191 e. The Hall–Kier alpha value is -2.16. The molecule has 0 amide bonds. The van der Waals surface area contributed by atoms with Crippen molar-refractivity contribution in [2.45, 2.75) is 39.5 Å². The van der Waals surface area contributed by atoms with Gasteiger partial charge in [0.15, 0.2) is 17.5 Å². The summed E-state index contributed by atoms with van der Waals surface area (Å²) < 4.78 is 17.0. The van der Waals surface area contributed by atoms with Gasteiger partial charge in [-0.2, -0.15) is 0 Å². The van der Waals surface area contributed by atoms with Crippen LogP contribution in [0.5, 0.6) is 17.2 Å². The Bertz CT molecular complexity index is 768. The lowest BCUT2D eigenvalue weighted by Crippen LogP contribution is -2.41. The molecule has 0 aliphatic heterocycles. The second kappa shape index (κ2) is 13.1. The molecule has 2 aromatic rings. The van der Waals surface area contributed by atoms with Crippen molar-refractivity contribution in [3.63, 3.8) is 0 Å². The number of guanidine groups is 1. The normalized spacial score (nSPS) is 12.0. The summed E-state index contributed by atoms with van der Waals surface area (Å²) in [4.78, 5) is 4.27. The van der Waals surface area contributed by atoms with Crippen LogP contribution in [0, 0.1) is 0 Å². The van der Waals surface area contributed by atoms with Gasteiger partial charge in [0.2, 0.25) is 0 Å². The molecule has 1 atom stereocenters.